The number of thiazole rings is 1. The van der Waals surface area contributed by atoms with Crippen molar-refractivity contribution in [2.45, 2.75) is 26.7 Å². The fourth-order valence-electron chi connectivity index (χ4n) is 2.11. The highest BCUT2D eigenvalue weighted by molar-refractivity contribution is 14.0. The van der Waals surface area contributed by atoms with E-state index in [2.05, 4.69) is 34.5 Å². The molecule has 0 amide bonds. The second-order valence-corrected chi connectivity index (χ2v) is 6.64. The number of aliphatic imine (C=N–C) groups is 1. The number of para-hydroxylation sites is 1. The highest BCUT2D eigenvalue weighted by atomic mass is 127. The molecule has 1 heterocycles. The molecule has 138 valence electrons. The smallest absolute Gasteiger partial charge is 0.191 e. The quantitative estimate of drug-likeness (QED) is 0.252. The van der Waals surface area contributed by atoms with Crippen molar-refractivity contribution in [3.8, 4) is 5.75 Å². The van der Waals surface area contributed by atoms with Crippen LogP contribution in [0.15, 0.2) is 41.5 Å². The molecule has 0 aliphatic rings. The highest BCUT2D eigenvalue weighted by Crippen LogP contribution is 2.11. The fourth-order valence-corrected chi connectivity index (χ4v) is 2.90. The molecular weight excluding hydrogens is 447 g/mol. The van der Waals surface area contributed by atoms with Gasteiger partial charge in [0.05, 0.1) is 11.6 Å². The van der Waals surface area contributed by atoms with Gasteiger partial charge < -0.3 is 15.4 Å². The molecule has 0 aliphatic carbocycles. The minimum Gasteiger partial charge on any atom is -0.494 e. The predicted molar refractivity (Wildman–Crippen MR) is 117 cm³/mol. The van der Waals surface area contributed by atoms with Gasteiger partial charge in [0.25, 0.3) is 0 Å². The molecule has 7 heteroatoms. The Kier molecular flexibility index (Phi) is 11.2. The van der Waals surface area contributed by atoms with E-state index in [-0.39, 0.29) is 24.0 Å². The maximum Gasteiger partial charge on any atom is 0.191 e. The Morgan fingerprint density at radius 3 is 2.72 bits per heavy atom. The van der Waals surface area contributed by atoms with Gasteiger partial charge in [0.15, 0.2) is 5.96 Å². The lowest BCUT2D eigenvalue weighted by molar-refractivity contribution is 0.313. The van der Waals surface area contributed by atoms with Gasteiger partial charge in [-0.1, -0.05) is 18.2 Å². The van der Waals surface area contributed by atoms with Crippen molar-refractivity contribution in [1.82, 2.24) is 15.6 Å². The molecule has 0 fully saturated rings. The number of hydrogen-bond donors (Lipinski definition) is 2. The summed E-state index contributed by atoms with van der Waals surface area (Å²) in [6.07, 6.45) is 3.73. The number of guanidine groups is 1. The SMILES string of the molecule is CCNC(=NCCCOc1ccccc1)NCCc1ncc(C)s1.I. The Morgan fingerprint density at radius 1 is 1.24 bits per heavy atom. The molecule has 0 unspecified atom stereocenters. The summed E-state index contributed by atoms with van der Waals surface area (Å²) in [6, 6.07) is 9.87. The first-order valence-corrected chi connectivity index (χ1v) is 9.21. The van der Waals surface area contributed by atoms with Crippen molar-refractivity contribution >= 4 is 41.3 Å². The van der Waals surface area contributed by atoms with E-state index < -0.39 is 0 Å². The third-order valence-electron chi connectivity index (χ3n) is 3.23. The molecule has 0 spiro atoms. The first kappa shape index (κ1) is 21.7. The zero-order valence-corrected chi connectivity index (χ0v) is 18.0. The third-order valence-corrected chi connectivity index (χ3v) is 4.20. The lowest BCUT2D eigenvalue weighted by atomic mass is 10.3. The van der Waals surface area contributed by atoms with Crippen molar-refractivity contribution in [2.75, 3.05) is 26.2 Å². The van der Waals surface area contributed by atoms with E-state index >= 15 is 0 Å². The van der Waals surface area contributed by atoms with Crippen LogP contribution in [0.4, 0.5) is 0 Å². The topological polar surface area (TPSA) is 58.5 Å². The summed E-state index contributed by atoms with van der Waals surface area (Å²) < 4.78 is 5.67. The number of nitrogens with one attached hydrogen (secondary N) is 2. The van der Waals surface area contributed by atoms with Gasteiger partial charge in [-0.2, -0.15) is 0 Å². The number of aryl methyl sites for hydroxylation is 1. The summed E-state index contributed by atoms with van der Waals surface area (Å²) in [4.78, 5) is 10.2. The second-order valence-electron chi connectivity index (χ2n) is 5.32. The number of halogens is 1. The summed E-state index contributed by atoms with van der Waals surface area (Å²) in [5.74, 6) is 1.76. The largest absolute Gasteiger partial charge is 0.494 e. The number of benzene rings is 1. The summed E-state index contributed by atoms with van der Waals surface area (Å²) in [7, 11) is 0. The minimum atomic E-state index is 0. The van der Waals surface area contributed by atoms with Crippen LogP contribution in [0.1, 0.15) is 23.2 Å². The monoisotopic (exact) mass is 474 g/mol. The average Bonchev–Trinajstić information content (AvgIpc) is 3.01. The molecule has 0 radical (unpaired) electrons. The molecule has 2 aromatic rings. The van der Waals surface area contributed by atoms with Gasteiger partial charge in [-0.25, -0.2) is 4.98 Å². The van der Waals surface area contributed by atoms with Crippen molar-refractivity contribution in [1.29, 1.82) is 0 Å². The van der Waals surface area contributed by atoms with Crippen molar-refractivity contribution in [3.63, 3.8) is 0 Å². The maximum atomic E-state index is 5.67. The van der Waals surface area contributed by atoms with Gasteiger partial charge in [-0.3, -0.25) is 4.99 Å². The van der Waals surface area contributed by atoms with Crippen LogP contribution in [-0.2, 0) is 6.42 Å². The van der Waals surface area contributed by atoms with Gasteiger partial charge in [-0.15, -0.1) is 35.3 Å². The first-order chi connectivity index (χ1) is 11.8. The minimum absolute atomic E-state index is 0. The van der Waals surface area contributed by atoms with Crippen LogP contribution in [0.25, 0.3) is 0 Å². The molecule has 0 bridgehead atoms. The molecule has 2 rings (SSSR count). The number of rotatable bonds is 9. The molecular formula is C18H27IN4OS. The molecule has 1 aromatic carbocycles. The van der Waals surface area contributed by atoms with Crippen LogP contribution < -0.4 is 15.4 Å². The van der Waals surface area contributed by atoms with Crippen LogP contribution in [-0.4, -0.2) is 37.2 Å². The zero-order valence-electron chi connectivity index (χ0n) is 14.8. The Morgan fingerprint density at radius 2 is 2.04 bits per heavy atom. The van der Waals surface area contributed by atoms with Gasteiger partial charge in [-0.05, 0) is 26.0 Å². The van der Waals surface area contributed by atoms with Crippen LogP contribution in [0.3, 0.4) is 0 Å². The van der Waals surface area contributed by atoms with Gasteiger partial charge >= 0.3 is 0 Å². The Hall–Kier alpha value is -1.35. The van der Waals surface area contributed by atoms with E-state index in [1.165, 1.54) is 4.88 Å². The summed E-state index contributed by atoms with van der Waals surface area (Å²) in [5.41, 5.74) is 0. The molecule has 0 saturated heterocycles. The molecule has 2 N–H and O–H groups in total. The van der Waals surface area contributed by atoms with Gasteiger partial charge in [0.1, 0.15) is 5.75 Å². The van der Waals surface area contributed by atoms with Crippen molar-refractivity contribution in [3.05, 3.63) is 46.4 Å². The van der Waals surface area contributed by atoms with Crippen LogP contribution in [0, 0.1) is 6.92 Å². The fraction of sp³-hybridized carbons (Fsp3) is 0.444. The molecule has 5 nitrogen and oxygen atoms in total. The molecule has 0 saturated carbocycles. The van der Waals surface area contributed by atoms with E-state index in [1.54, 1.807) is 11.3 Å². The van der Waals surface area contributed by atoms with Crippen LogP contribution in [0.2, 0.25) is 0 Å². The number of aromatic nitrogens is 1. The maximum absolute atomic E-state index is 5.67. The molecule has 0 atom stereocenters. The number of ether oxygens (including phenoxy) is 1. The van der Waals surface area contributed by atoms with E-state index in [1.807, 2.05) is 36.5 Å². The van der Waals surface area contributed by atoms with Crippen molar-refractivity contribution in [2.24, 2.45) is 4.99 Å². The zero-order chi connectivity index (χ0) is 17.0. The third kappa shape index (κ3) is 9.06. The van der Waals surface area contributed by atoms with E-state index in [4.69, 9.17) is 4.74 Å². The van der Waals surface area contributed by atoms with Crippen LogP contribution in [0.5, 0.6) is 5.75 Å². The average molecular weight is 474 g/mol. The van der Waals surface area contributed by atoms with E-state index in [9.17, 15) is 0 Å². The van der Waals surface area contributed by atoms with Gasteiger partial charge in [0.2, 0.25) is 0 Å². The first-order valence-electron chi connectivity index (χ1n) is 8.39. The number of hydrogen-bond acceptors (Lipinski definition) is 4. The molecule has 0 aliphatic heterocycles. The van der Waals surface area contributed by atoms with E-state index in [0.717, 1.165) is 49.2 Å². The van der Waals surface area contributed by atoms with Crippen LogP contribution >= 0.6 is 35.3 Å². The molecule has 1 aromatic heterocycles. The standard InChI is InChI=1S/C18H26N4OS.HI/c1-3-19-18(21-12-10-17-22-14-15(2)24-17)20-11-7-13-23-16-8-5-4-6-9-16;/h4-6,8-9,14H,3,7,10-13H2,1-2H3,(H2,19,20,21);1H. The van der Waals surface area contributed by atoms with E-state index in [0.29, 0.717) is 6.61 Å². The normalized spacial score (nSPS) is 10.9. The second kappa shape index (κ2) is 12.9. The van der Waals surface area contributed by atoms with Crippen molar-refractivity contribution < 1.29 is 4.74 Å². The Labute approximate surface area is 171 Å². The van der Waals surface area contributed by atoms with Gasteiger partial charge in [0, 0.05) is 43.5 Å². The summed E-state index contributed by atoms with van der Waals surface area (Å²) >= 11 is 1.75. The highest BCUT2D eigenvalue weighted by Gasteiger charge is 2.01. The Bertz CT molecular complexity index is 619. The summed E-state index contributed by atoms with van der Waals surface area (Å²) in [5, 5.41) is 7.77. The lowest BCUT2D eigenvalue weighted by Gasteiger charge is -2.10. The predicted octanol–water partition coefficient (Wildman–Crippen LogP) is 3.64. The lowest BCUT2D eigenvalue weighted by Crippen LogP contribution is -2.38. The summed E-state index contributed by atoms with van der Waals surface area (Å²) in [6.45, 7) is 7.24. The molecule has 25 heavy (non-hydrogen) atoms. The Balaban J connectivity index is 0.00000312. The number of nitrogens with zero attached hydrogens (tertiary/aromatic N) is 2.